The first kappa shape index (κ1) is 18.5. The molecule has 2 heterocycles. The molecule has 1 fully saturated rings. The molecule has 0 aliphatic heterocycles. The lowest BCUT2D eigenvalue weighted by Crippen LogP contribution is -2.45. The molecular weight excluding hydrogens is 352 g/mol. The first-order valence-electron chi connectivity index (χ1n) is 8.67. The Labute approximate surface area is 156 Å². The number of carbonyl (C=O) groups excluding carboxylic acids is 1. The van der Waals surface area contributed by atoms with Crippen LogP contribution >= 0.6 is 11.3 Å². The standard InChI is InChI=1S/C19H22N2O4S/c1-11-13(12(2)26-15(11)17-21-9-10-25-17)14(22)16(20-3)19(18(23)24)7-5-4-6-8-19/h9-10H,4-8H2,1-3H3,(H,23,24). The van der Waals surface area contributed by atoms with Crippen LogP contribution in [0.2, 0.25) is 0 Å². The summed E-state index contributed by atoms with van der Waals surface area (Å²) in [5.74, 6) is -0.777. The van der Waals surface area contributed by atoms with Crippen molar-refractivity contribution >= 4 is 28.8 Å². The van der Waals surface area contributed by atoms with Crippen molar-refractivity contribution in [2.24, 2.45) is 10.4 Å². The summed E-state index contributed by atoms with van der Waals surface area (Å²) in [6.45, 7) is 3.71. The van der Waals surface area contributed by atoms with E-state index in [1.807, 2.05) is 13.8 Å². The van der Waals surface area contributed by atoms with Crippen molar-refractivity contribution in [3.8, 4) is 10.8 Å². The maximum Gasteiger partial charge on any atom is 0.315 e. The first-order valence-corrected chi connectivity index (χ1v) is 9.49. The Bertz CT molecular complexity index is 858. The van der Waals surface area contributed by atoms with Crippen LogP contribution < -0.4 is 0 Å². The number of Topliss-reactive ketones (excluding diaryl/α,β-unsaturated/α-hetero) is 1. The van der Waals surface area contributed by atoms with Gasteiger partial charge in [-0.05, 0) is 32.3 Å². The normalized spacial score (nSPS) is 17.3. The molecule has 0 radical (unpaired) electrons. The zero-order valence-corrected chi connectivity index (χ0v) is 16.0. The number of rotatable bonds is 5. The van der Waals surface area contributed by atoms with Crippen molar-refractivity contribution in [3.05, 3.63) is 28.5 Å². The maximum absolute atomic E-state index is 13.4. The Balaban J connectivity index is 2.06. The van der Waals surface area contributed by atoms with Gasteiger partial charge in [-0.25, -0.2) is 4.98 Å². The van der Waals surface area contributed by atoms with E-state index in [1.54, 1.807) is 6.20 Å². The van der Waals surface area contributed by atoms with E-state index in [1.165, 1.54) is 24.6 Å². The second-order valence-corrected chi connectivity index (χ2v) is 7.90. The molecular formula is C19H22N2O4S. The Kier molecular flexibility index (Phi) is 5.09. The van der Waals surface area contributed by atoms with Crippen molar-refractivity contribution in [2.45, 2.75) is 46.0 Å². The molecule has 0 bridgehead atoms. The molecule has 1 saturated carbocycles. The fraction of sp³-hybridized carbons (Fsp3) is 0.474. The van der Waals surface area contributed by atoms with Gasteiger partial charge in [0.2, 0.25) is 11.7 Å². The molecule has 1 N–H and O–H groups in total. The highest BCUT2D eigenvalue weighted by Gasteiger charge is 2.47. The fourth-order valence-electron chi connectivity index (χ4n) is 3.89. The molecule has 0 spiro atoms. The van der Waals surface area contributed by atoms with E-state index in [4.69, 9.17) is 4.42 Å². The number of aliphatic carboxylic acids is 1. The molecule has 0 aromatic carbocycles. The third-order valence-corrected chi connectivity index (χ3v) is 6.38. The van der Waals surface area contributed by atoms with Crippen LogP contribution in [0.3, 0.4) is 0 Å². The molecule has 7 heteroatoms. The van der Waals surface area contributed by atoms with E-state index in [9.17, 15) is 14.7 Å². The molecule has 26 heavy (non-hydrogen) atoms. The minimum Gasteiger partial charge on any atom is -0.481 e. The Morgan fingerprint density at radius 3 is 2.50 bits per heavy atom. The summed E-state index contributed by atoms with van der Waals surface area (Å²) >= 11 is 1.43. The van der Waals surface area contributed by atoms with Gasteiger partial charge in [0, 0.05) is 17.5 Å². The van der Waals surface area contributed by atoms with Gasteiger partial charge in [-0.2, -0.15) is 0 Å². The van der Waals surface area contributed by atoms with Gasteiger partial charge in [-0.15, -0.1) is 11.3 Å². The third-order valence-electron chi connectivity index (χ3n) is 5.18. The van der Waals surface area contributed by atoms with Crippen molar-refractivity contribution in [1.82, 2.24) is 4.98 Å². The molecule has 6 nitrogen and oxygen atoms in total. The number of aryl methyl sites for hydroxylation is 1. The van der Waals surface area contributed by atoms with Crippen LogP contribution in [0.25, 0.3) is 10.8 Å². The molecule has 0 unspecified atom stereocenters. The van der Waals surface area contributed by atoms with Crippen LogP contribution in [0, 0.1) is 19.3 Å². The highest BCUT2D eigenvalue weighted by atomic mass is 32.1. The van der Waals surface area contributed by atoms with Crippen LogP contribution in [-0.2, 0) is 4.79 Å². The number of carbonyl (C=O) groups is 2. The van der Waals surface area contributed by atoms with Gasteiger partial charge in [0.25, 0.3) is 0 Å². The molecule has 1 aliphatic rings. The maximum atomic E-state index is 13.4. The van der Waals surface area contributed by atoms with E-state index < -0.39 is 11.4 Å². The van der Waals surface area contributed by atoms with Gasteiger partial charge in [-0.1, -0.05) is 19.3 Å². The number of ketones is 1. The molecule has 0 saturated heterocycles. The molecule has 138 valence electrons. The number of carboxylic acids is 1. The number of carboxylic acid groups (broad SMARTS) is 1. The van der Waals surface area contributed by atoms with E-state index in [-0.39, 0.29) is 11.5 Å². The largest absolute Gasteiger partial charge is 0.481 e. The number of oxazole rings is 1. The Morgan fingerprint density at radius 1 is 1.27 bits per heavy atom. The average molecular weight is 374 g/mol. The lowest BCUT2D eigenvalue weighted by Gasteiger charge is -2.33. The zero-order valence-electron chi connectivity index (χ0n) is 15.2. The van der Waals surface area contributed by atoms with Gasteiger partial charge < -0.3 is 9.52 Å². The molecule has 3 rings (SSSR count). The number of hydrogen-bond donors (Lipinski definition) is 1. The number of nitrogens with zero attached hydrogens (tertiary/aromatic N) is 2. The monoisotopic (exact) mass is 374 g/mol. The van der Waals surface area contributed by atoms with Gasteiger partial charge in [0.15, 0.2) is 0 Å². The van der Waals surface area contributed by atoms with E-state index in [2.05, 4.69) is 9.98 Å². The average Bonchev–Trinajstić information content (AvgIpc) is 3.24. The number of thiophene rings is 1. The number of hydrogen-bond acceptors (Lipinski definition) is 6. The second-order valence-electron chi connectivity index (χ2n) is 6.67. The van der Waals surface area contributed by atoms with E-state index in [0.29, 0.717) is 24.3 Å². The third kappa shape index (κ3) is 2.90. The predicted molar refractivity (Wildman–Crippen MR) is 100 cm³/mol. The van der Waals surface area contributed by atoms with E-state index in [0.717, 1.165) is 34.6 Å². The van der Waals surface area contributed by atoms with Crippen LogP contribution in [-0.4, -0.2) is 34.6 Å². The number of aromatic nitrogens is 1. The first-order chi connectivity index (χ1) is 12.4. The van der Waals surface area contributed by atoms with E-state index >= 15 is 0 Å². The molecule has 1 aliphatic carbocycles. The molecule has 0 amide bonds. The predicted octanol–water partition coefficient (Wildman–Crippen LogP) is 4.31. The lowest BCUT2D eigenvalue weighted by atomic mass is 9.68. The minimum atomic E-state index is -1.19. The van der Waals surface area contributed by atoms with Gasteiger partial charge in [-0.3, -0.25) is 14.6 Å². The van der Waals surface area contributed by atoms with Crippen molar-refractivity contribution in [1.29, 1.82) is 0 Å². The van der Waals surface area contributed by atoms with Crippen LogP contribution in [0.4, 0.5) is 0 Å². The smallest absolute Gasteiger partial charge is 0.315 e. The zero-order chi connectivity index (χ0) is 18.9. The minimum absolute atomic E-state index is 0.160. The highest BCUT2D eigenvalue weighted by Crippen LogP contribution is 2.41. The molecule has 0 atom stereocenters. The summed E-state index contributed by atoms with van der Waals surface area (Å²) in [6.07, 6.45) is 6.54. The summed E-state index contributed by atoms with van der Waals surface area (Å²) in [6, 6.07) is 0. The van der Waals surface area contributed by atoms with Gasteiger partial charge in [0.05, 0.1) is 16.8 Å². The molecule has 2 aromatic rings. The molecule has 2 aromatic heterocycles. The van der Waals surface area contributed by atoms with Crippen molar-refractivity contribution in [3.63, 3.8) is 0 Å². The number of aliphatic imine (C=N–C) groups is 1. The quantitative estimate of drug-likeness (QED) is 0.622. The SMILES string of the molecule is CN=C(C(=O)c1c(C)sc(-c2ncco2)c1C)C1(C(=O)O)CCCCC1. The van der Waals surface area contributed by atoms with Crippen LogP contribution in [0.1, 0.15) is 52.9 Å². The highest BCUT2D eigenvalue weighted by molar-refractivity contribution is 7.16. The Hall–Kier alpha value is -2.28. The summed E-state index contributed by atoms with van der Waals surface area (Å²) < 4.78 is 5.37. The topological polar surface area (TPSA) is 92.8 Å². The summed E-state index contributed by atoms with van der Waals surface area (Å²) in [5.41, 5.74) is 0.258. The summed E-state index contributed by atoms with van der Waals surface area (Å²) in [7, 11) is 1.51. The Morgan fingerprint density at radius 2 is 1.96 bits per heavy atom. The van der Waals surface area contributed by atoms with Crippen molar-refractivity contribution in [2.75, 3.05) is 7.05 Å². The fourth-order valence-corrected chi connectivity index (χ4v) is 4.98. The summed E-state index contributed by atoms with van der Waals surface area (Å²) in [5, 5.41) is 9.92. The van der Waals surface area contributed by atoms with Crippen molar-refractivity contribution < 1.29 is 19.1 Å². The van der Waals surface area contributed by atoms with Gasteiger partial charge in [0.1, 0.15) is 11.7 Å². The lowest BCUT2D eigenvalue weighted by molar-refractivity contribution is -0.146. The summed E-state index contributed by atoms with van der Waals surface area (Å²) in [4.78, 5) is 35.5. The second kappa shape index (κ2) is 7.15. The van der Waals surface area contributed by atoms with Crippen LogP contribution in [0.15, 0.2) is 21.9 Å². The van der Waals surface area contributed by atoms with Crippen LogP contribution in [0.5, 0.6) is 0 Å². The van der Waals surface area contributed by atoms with Gasteiger partial charge >= 0.3 is 5.97 Å².